The SMILES string of the molecule is CCOC(=O)C1=C(C)N=c2s/c(=C/c3ccc(-c4cc([N+](=O)[O-])ccc4C)o3)c(=O)n2C1c1cccs1. The van der Waals surface area contributed by atoms with Gasteiger partial charge >= 0.3 is 5.97 Å². The number of carbonyl (C=O) groups excluding carboxylic acids is 1. The Balaban J connectivity index is 1.61. The minimum atomic E-state index is -0.642. The number of nitro benzene ring substituents is 1. The van der Waals surface area contributed by atoms with Crippen LogP contribution in [0.15, 0.2) is 73.3 Å². The molecular weight excluding hydrogens is 514 g/mol. The van der Waals surface area contributed by atoms with Crippen LogP contribution in [0, 0.1) is 17.0 Å². The van der Waals surface area contributed by atoms with Gasteiger partial charge in [0, 0.05) is 28.6 Å². The maximum Gasteiger partial charge on any atom is 0.338 e. The zero-order valence-electron chi connectivity index (χ0n) is 20.1. The lowest BCUT2D eigenvalue weighted by Gasteiger charge is -2.23. The molecule has 3 aromatic heterocycles. The van der Waals surface area contributed by atoms with E-state index >= 15 is 0 Å². The minimum absolute atomic E-state index is 0.0341. The molecule has 188 valence electrons. The molecule has 0 saturated heterocycles. The van der Waals surface area contributed by atoms with E-state index in [0.717, 1.165) is 10.4 Å². The molecule has 0 aliphatic carbocycles. The molecule has 9 nitrogen and oxygen atoms in total. The Morgan fingerprint density at radius 3 is 2.78 bits per heavy atom. The molecule has 0 amide bonds. The quantitative estimate of drug-likeness (QED) is 0.206. The van der Waals surface area contributed by atoms with Crippen molar-refractivity contribution < 1.29 is 18.9 Å². The molecule has 4 heterocycles. The van der Waals surface area contributed by atoms with Crippen LogP contribution in [0.1, 0.15) is 36.1 Å². The van der Waals surface area contributed by atoms with Gasteiger partial charge in [-0.3, -0.25) is 19.5 Å². The number of benzene rings is 1. The highest BCUT2D eigenvalue weighted by molar-refractivity contribution is 7.10. The second-order valence-electron chi connectivity index (χ2n) is 8.28. The van der Waals surface area contributed by atoms with Crippen LogP contribution in [0.4, 0.5) is 5.69 Å². The maximum atomic E-state index is 13.6. The Labute approximate surface area is 218 Å². The van der Waals surface area contributed by atoms with Crippen molar-refractivity contribution in [3.8, 4) is 11.3 Å². The number of ether oxygens (including phenoxy) is 1. The molecule has 1 aliphatic heterocycles. The van der Waals surface area contributed by atoms with Gasteiger partial charge in [0.15, 0.2) is 4.80 Å². The third-order valence-corrected chi connectivity index (χ3v) is 7.83. The molecule has 37 heavy (non-hydrogen) atoms. The van der Waals surface area contributed by atoms with Crippen molar-refractivity contribution in [2.75, 3.05) is 6.61 Å². The lowest BCUT2D eigenvalue weighted by atomic mass is 10.0. The number of thiophene rings is 1. The van der Waals surface area contributed by atoms with Gasteiger partial charge in [0.05, 0.1) is 27.3 Å². The van der Waals surface area contributed by atoms with Crippen molar-refractivity contribution >= 4 is 40.4 Å². The first-order valence-electron chi connectivity index (χ1n) is 11.4. The lowest BCUT2D eigenvalue weighted by Crippen LogP contribution is -2.39. The van der Waals surface area contributed by atoms with Crippen molar-refractivity contribution in [3.05, 3.63) is 105 Å². The van der Waals surface area contributed by atoms with Crippen LogP contribution in [-0.2, 0) is 9.53 Å². The van der Waals surface area contributed by atoms with Crippen LogP contribution in [0.5, 0.6) is 0 Å². The molecule has 0 radical (unpaired) electrons. The van der Waals surface area contributed by atoms with E-state index in [2.05, 4.69) is 4.99 Å². The van der Waals surface area contributed by atoms with E-state index in [-0.39, 0.29) is 17.9 Å². The Morgan fingerprint density at radius 1 is 1.27 bits per heavy atom. The summed E-state index contributed by atoms with van der Waals surface area (Å²) >= 11 is 2.65. The normalized spacial score (nSPS) is 15.4. The molecule has 0 fully saturated rings. The average molecular weight is 536 g/mol. The summed E-state index contributed by atoms with van der Waals surface area (Å²) in [4.78, 5) is 43.1. The van der Waals surface area contributed by atoms with Gasteiger partial charge in [-0.15, -0.1) is 11.3 Å². The predicted molar refractivity (Wildman–Crippen MR) is 140 cm³/mol. The van der Waals surface area contributed by atoms with Gasteiger partial charge in [0.2, 0.25) is 0 Å². The van der Waals surface area contributed by atoms with Crippen molar-refractivity contribution in [3.63, 3.8) is 0 Å². The summed E-state index contributed by atoms with van der Waals surface area (Å²) in [6.45, 7) is 5.52. The smallest absolute Gasteiger partial charge is 0.338 e. The molecule has 5 rings (SSSR count). The highest BCUT2D eigenvalue weighted by Crippen LogP contribution is 2.33. The van der Waals surface area contributed by atoms with Crippen molar-refractivity contribution in [2.45, 2.75) is 26.8 Å². The van der Waals surface area contributed by atoms with E-state index in [1.807, 2.05) is 24.4 Å². The number of aromatic nitrogens is 1. The molecule has 0 spiro atoms. The Kier molecular flexibility index (Phi) is 6.48. The lowest BCUT2D eigenvalue weighted by molar-refractivity contribution is -0.384. The molecule has 0 bridgehead atoms. The Bertz CT molecular complexity index is 1740. The average Bonchev–Trinajstić information content (AvgIpc) is 3.61. The largest absolute Gasteiger partial charge is 0.463 e. The van der Waals surface area contributed by atoms with Crippen LogP contribution in [0.25, 0.3) is 17.4 Å². The summed E-state index contributed by atoms with van der Waals surface area (Å²) in [7, 11) is 0. The van der Waals surface area contributed by atoms with E-state index in [1.165, 1.54) is 39.4 Å². The van der Waals surface area contributed by atoms with E-state index in [1.54, 1.807) is 38.1 Å². The van der Waals surface area contributed by atoms with E-state index < -0.39 is 16.9 Å². The first-order chi connectivity index (χ1) is 17.8. The zero-order valence-corrected chi connectivity index (χ0v) is 21.7. The molecule has 1 aliphatic rings. The second kappa shape index (κ2) is 9.75. The number of nitro groups is 1. The fourth-order valence-electron chi connectivity index (χ4n) is 4.20. The van der Waals surface area contributed by atoms with Crippen molar-refractivity contribution in [1.29, 1.82) is 0 Å². The molecule has 1 atom stereocenters. The van der Waals surface area contributed by atoms with Crippen molar-refractivity contribution in [2.24, 2.45) is 4.99 Å². The Hall–Kier alpha value is -4.09. The second-order valence-corrected chi connectivity index (χ2v) is 10.3. The highest BCUT2D eigenvalue weighted by atomic mass is 32.1. The van der Waals surface area contributed by atoms with Crippen LogP contribution in [0.2, 0.25) is 0 Å². The number of esters is 1. The molecule has 11 heteroatoms. The van der Waals surface area contributed by atoms with Gasteiger partial charge < -0.3 is 9.15 Å². The van der Waals surface area contributed by atoms with Gasteiger partial charge in [0.25, 0.3) is 11.2 Å². The first kappa shape index (κ1) is 24.6. The van der Waals surface area contributed by atoms with Crippen LogP contribution < -0.4 is 14.9 Å². The fourth-order valence-corrected chi connectivity index (χ4v) is 6.05. The summed E-state index contributed by atoms with van der Waals surface area (Å²) < 4.78 is 13.1. The number of furan rings is 1. The van der Waals surface area contributed by atoms with Gasteiger partial charge in [-0.25, -0.2) is 9.79 Å². The van der Waals surface area contributed by atoms with Gasteiger partial charge in [0.1, 0.15) is 17.6 Å². The minimum Gasteiger partial charge on any atom is -0.463 e. The molecule has 0 saturated carbocycles. The molecule has 1 unspecified atom stereocenters. The summed E-state index contributed by atoms with van der Waals surface area (Å²) in [5.41, 5.74) is 1.93. The number of hydrogen-bond acceptors (Lipinski definition) is 9. The van der Waals surface area contributed by atoms with Crippen molar-refractivity contribution in [1.82, 2.24) is 4.57 Å². The summed E-state index contributed by atoms with van der Waals surface area (Å²) in [5, 5.41) is 13.1. The number of aryl methyl sites for hydroxylation is 1. The topological polar surface area (TPSA) is 117 Å². The number of allylic oxidation sites excluding steroid dienone is 1. The maximum absolute atomic E-state index is 13.6. The van der Waals surface area contributed by atoms with Gasteiger partial charge in [-0.05, 0) is 49.9 Å². The monoisotopic (exact) mass is 535 g/mol. The zero-order chi connectivity index (χ0) is 26.3. The number of nitrogens with zero attached hydrogens (tertiary/aromatic N) is 3. The van der Waals surface area contributed by atoms with Gasteiger partial charge in [-0.1, -0.05) is 23.5 Å². The third-order valence-electron chi connectivity index (χ3n) is 5.93. The van der Waals surface area contributed by atoms with E-state index in [4.69, 9.17) is 9.15 Å². The number of carbonyl (C=O) groups is 1. The Morgan fingerprint density at radius 2 is 2.08 bits per heavy atom. The number of non-ortho nitro benzene ring substituents is 1. The van der Waals surface area contributed by atoms with E-state index in [9.17, 15) is 19.7 Å². The van der Waals surface area contributed by atoms with Crippen LogP contribution in [-0.4, -0.2) is 22.1 Å². The molecule has 0 N–H and O–H groups in total. The van der Waals surface area contributed by atoms with Crippen LogP contribution in [0.3, 0.4) is 0 Å². The highest BCUT2D eigenvalue weighted by Gasteiger charge is 2.33. The number of thiazole rings is 1. The van der Waals surface area contributed by atoms with Gasteiger partial charge in [-0.2, -0.15) is 0 Å². The summed E-state index contributed by atoms with van der Waals surface area (Å²) in [6, 6.07) is 11.1. The van der Waals surface area contributed by atoms with E-state index in [0.29, 0.717) is 37.7 Å². The number of rotatable bonds is 6. The number of fused-ring (bicyclic) bond motifs is 1. The number of hydrogen-bond donors (Lipinski definition) is 0. The molecule has 1 aromatic carbocycles. The summed E-state index contributed by atoms with van der Waals surface area (Å²) in [6.07, 6.45) is 1.62. The molecular formula is C26H21N3O6S2. The molecule has 4 aromatic rings. The fraction of sp³-hybridized carbons (Fsp3) is 0.192. The first-order valence-corrected chi connectivity index (χ1v) is 13.1. The van der Waals surface area contributed by atoms with Crippen LogP contribution >= 0.6 is 22.7 Å². The predicted octanol–water partition coefficient (Wildman–Crippen LogP) is 4.34. The summed E-state index contributed by atoms with van der Waals surface area (Å²) in [5.74, 6) is 0.372. The standard InChI is InChI=1S/C26H21N3O6S2/c1-4-34-25(31)22-15(3)27-26-28(23(22)20-6-5-11-36-20)24(30)21(37-26)13-17-9-10-19(35-17)18-12-16(29(32)33)8-7-14(18)2/h5-13,23H,4H2,1-3H3/b21-13+. The third kappa shape index (κ3) is 4.47.